The Labute approximate surface area is 199 Å². The minimum atomic E-state index is -4.39. The molecule has 1 fully saturated rings. The van der Waals surface area contributed by atoms with Crippen molar-refractivity contribution >= 4 is 38.3 Å². The Bertz CT molecular complexity index is 1220. The highest BCUT2D eigenvalue weighted by Crippen LogP contribution is 2.39. The molecule has 2 atom stereocenters. The zero-order chi connectivity index (χ0) is 23.5. The van der Waals surface area contributed by atoms with Crippen molar-refractivity contribution in [3.63, 3.8) is 0 Å². The van der Waals surface area contributed by atoms with Gasteiger partial charge in [-0.05, 0) is 55.0 Å². The molecule has 0 bridgehead atoms. The van der Waals surface area contributed by atoms with Crippen molar-refractivity contribution in [3.05, 3.63) is 48.0 Å². The third kappa shape index (κ3) is 7.49. The lowest BCUT2D eigenvalue weighted by Gasteiger charge is -2.13. The summed E-state index contributed by atoms with van der Waals surface area (Å²) in [5, 5.41) is 7.03. The fraction of sp³-hybridized carbons (Fsp3) is 0.350. The number of ether oxygens (including phenoxy) is 1. The Kier molecular flexibility index (Phi) is 8.57. The second-order valence-electron chi connectivity index (χ2n) is 7.63. The molecule has 13 heteroatoms. The molecule has 0 aliphatic heterocycles. The number of rotatable bonds is 10. The third-order valence-corrected chi connectivity index (χ3v) is 7.35. The molecule has 10 nitrogen and oxygen atoms in total. The first-order valence-electron chi connectivity index (χ1n) is 9.65. The quantitative estimate of drug-likeness (QED) is 0.185. The van der Waals surface area contributed by atoms with E-state index in [1.807, 2.05) is 0 Å². The molecule has 4 N–H and O–H groups in total. The molecule has 2 unspecified atom stereocenters. The molecule has 182 valence electrons. The summed E-state index contributed by atoms with van der Waals surface area (Å²) in [4.78, 5) is 4.33. The number of hydroxylamine groups is 1. The molecule has 1 aliphatic carbocycles. The van der Waals surface area contributed by atoms with Crippen LogP contribution in [-0.4, -0.2) is 42.3 Å². The molecular formula is C20H26ClN3O7S2. The third-order valence-electron chi connectivity index (χ3n) is 4.76. The van der Waals surface area contributed by atoms with E-state index in [1.54, 1.807) is 13.0 Å². The molecule has 1 aliphatic rings. The molecule has 3 rings (SSSR count). The number of sulfone groups is 1. The minimum absolute atomic E-state index is 0. The van der Waals surface area contributed by atoms with E-state index in [4.69, 9.17) is 24.9 Å². The number of guanidine groups is 1. The van der Waals surface area contributed by atoms with Crippen LogP contribution < -0.4 is 20.1 Å². The van der Waals surface area contributed by atoms with Crippen LogP contribution in [0.5, 0.6) is 11.5 Å². The fourth-order valence-electron chi connectivity index (χ4n) is 3.13. The van der Waals surface area contributed by atoms with E-state index in [1.165, 1.54) is 36.4 Å². The van der Waals surface area contributed by atoms with Crippen molar-refractivity contribution < 1.29 is 30.6 Å². The van der Waals surface area contributed by atoms with Crippen LogP contribution in [-0.2, 0) is 24.8 Å². The van der Waals surface area contributed by atoms with Crippen molar-refractivity contribution in [2.75, 3.05) is 19.5 Å². The van der Waals surface area contributed by atoms with Crippen molar-refractivity contribution in [3.8, 4) is 11.5 Å². The van der Waals surface area contributed by atoms with Crippen LogP contribution >= 0.6 is 12.4 Å². The first-order chi connectivity index (χ1) is 15.0. The monoisotopic (exact) mass is 519 g/mol. The van der Waals surface area contributed by atoms with E-state index in [0.29, 0.717) is 24.5 Å². The van der Waals surface area contributed by atoms with Crippen molar-refractivity contribution in [2.24, 2.45) is 17.6 Å². The maximum absolute atomic E-state index is 12.8. The zero-order valence-electron chi connectivity index (χ0n) is 18.0. The zero-order valence-corrected chi connectivity index (χ0v) is 20.4. The SMILES string of the molecule is Cc1cc(OCC2CC2CONC(=N)N)cc(OS(=O)(=O)c2ccccc2S(C)(=O)=O)c1.Cl. The maximum atomic E-state index is 12.8. The summed E-state index contributed by atoms with van der Waals surface area (Å²) in [5.74, 6) is 0.721. The largest absolute Gasteiger partial charge is 0.493 e. The number of halogens is 1. The lowest BCUT2D eigenvalue weighted by atomic mass is 10.2. The van der Waals surface area contributed by atoms with Crippen LogP contribution in [0.25, 0.3) is 0 Å². The normalized spacial score (nSPS) is 17.5. The molecule has 0 spiro atoms. The number of nitrogens with one attached hydrogen (secondary N) is 2. The van der Waals surface area contributed by atoms with Gasteiger partial charge in [-0.25, -0.2) is 13.9 Å². The highest BCUT2D eigenvalue weighted by atomic mass is 35.5. The number of nitrogens with two attached hydrogens (primary N) is 1. The van der Waals surface area contributed by atoms with Crippen LogP contribution in [0.4, 0.5) is 0 Å². The minimum Gasteiger partial charge on any atom is -0.493 e. The van der Waals surface area contributed by atoms with E-state index in [2.05, 4.69) is 5.48 Å². The van der Waals surface area contributed by atoms with Crippen molar-refractivity contribution in [2.45, 2.75) is 23.1 Å². The molecule has 1 saturated carbocycles. The van der Waals surface area contributed by atoms with Gasteiger partial charge in [0.15, 0.2) is 9.84 Å². The fourth-order valence-corrected chi connectivity index (χ4v) is 5.65. The van der Waals surface area contributed by atoms with Crippen LogP contribution in [0.2, 0.25) is 0 Å². The second-order valence-corrected chi connectivity index (χ2v) is 11.1. The predicted molar refractivity (Wildman–Crippen MR) is 124 cm³/mol. The van der Waals surface area contributed by atoms with Crippen molar-refractivity contribution in [1.29, 1.82) is 5.41 Å². The molecule has 2 aromatic rings. The Hall–Kier alpha value is -2.54. The summed E-state index contributed by atoms with van der Waals surface area (Å²) in [5.41, 5.74) is 8.14. The van der Waals surface area contributed by atoms with E-state index in [0.717, 1.165) is 12.7 Å². The number of hydrogen-bond acceptors (Lipinski definition) is 8. The van der Waals surface area contributed by atoms with Gasteiger partial charge in [-0.3, -0.25) is 10.2 Å². The molecule has 0 saturated heterocycles. The first kappa shape index (κ1) is 26.7. The summed E-state index contributed by atoms with van der Waals surface area (Å²) in [7, 11) is -8.16. The van der Waals surface area contributed by atoms with Gasteiger partial charge in [0.2, 0.25) is 5.96 Å². The van der Waals surface area contributed by atoms with Gasteiger partial charge >= 0.3 is 10.1 Å². The number of hydrogen-bond donors (Lipinski definition) is 3. The summed E-state index contributed by atoms with van der Waals surface area (Å²) >= 11 is 0. The van der Waals surface area contributed by atoms with E-state index in [-0.39, 0.29) is 40.8 Å². The van der Waals surface area contributed by atoms with Gasteiger partial charge in [0.05, 0.1) is 18.1 Å². The lowest BCUT2D eigenvalue weighted by molar-refractivity contribution is 0.0702. The van der Waals surface area contributed by atoms with Crippen LogP contribution in [0.1, 0.15) is 12.0 Å². The summed E-state index contributed by atoms with van der Waals surface area (Å²) in [6.07, 6.45) is 1.83. The second kappa shape index (κ2) is 10.6. The molecule has 33 heavy (non-hydrogen) atoms. The van der Waals surface area contributed by atoms with Gasteiger partial charge in [-0.15, -0.1) is 12.4 Å². The van der Waals surface area contributed by atoms with Gasteiger partial charge in [-0.1, -0.05) is 12.1 Å². The summed E-state index contributed by atoms with van der Waals surface area (Å²) < 4.78 is 60.5. The first-order valence-corrected chi connectivity index (χ1v) is 13.0. The smallest absolute Gasteiger partial charge is 0.340 e. The molecule has 0 radical (unpaired) electrons. The van der Waals surface area contributed by atoms with Crippen molar-refractivity contribution in [1.82, 2.24) is 5.48 Å². The topological polar surface area (TPSA) is 158 Å². The maximum Gasteiger partial charge on any atom is 0.340 e. The molecule has 0 amide bonds. The van der Waals surface area contributed by atoms with Gasteiger partial charge in [-0.2, -0.15) is 8.42 Å². The standard InChI is InChI=1S/C20H25N3O7S2.ClH/c1-13-7-16(28-11-14-9-15(14)12-29-23-20(21)22)10-17(8-13)30-32(26,27)19-6-4-3-5-18(19)31(2,24)25;/h3-8,10,14-15H,9,11-12H2,1-2H3,(H4,21,22,23);1H. The van der Waals surface area contributed by atoms with Gasteiger partial charge in [0, 0.05) is 12.3 Å². The highest BCUT2D eigenvalue weighted by Gasteiger charge is 2.38. The van der Waals surface area contributed by atoms with Gasteiger partial charge in [0.25, 0.3) is 0 Å². The Morgan fingerprint density at radius 1 is 1.06 bits per heavy atom. The number of benzene rings is 2. The average molecular weight is 520 g/mol. The van der Waals surface area contributed by atoms with Crippen LogP contribution in [0.15, 0.2) is 52.3 Å². The summed E-state index contributed by atoms with van der Waals surface area (Å²) in [6, 6.07) is 9.99. The van der Waals surface area contributed by atoms with Gasteiger partial charge < -0.3 is 14.7 Å². The highest BCUT2D eigenvalue weighted by molar-refractivity contribution is 7.92. The van der Waals surface area contributed by atoms with Gasteiger partial charge in [0.1, 0.15) is 16.4 Å². The average Bonchev–Trinajstić information content (AvgIpc) is 3.43. The molecule has 2 aromatic carbocycles. The van der Waals surface area contributed by atoms with E-state index >= 15 is 0 Å². The molecule has 0 heterocycles. The molecular weight excluding hydrogens is 494 g/mol. The Morgan fingerprint density at radius 3 is 2.30 bits per heavy atom. The van der Waals surface area contributed by atoms with Crippen LogP contribution in [0, 0.1) is 24.2 Å². The Morgan fingerprint density at radius 2 is 1.67 bits per heavy atom. The lowest BCUT2D eigenvalue weighted by Crippen LogP contribution is -2.31. The Balaban J connectivity index is 0.00000385. The number of aryl methyl sites for hydroxylation is 1. The molecule has 0 aromatic heterocycles. The summed E-state index contributed by atoms with van der Waals surface area (Å²) in [6.45, 7) is 2.56. The van der Waals surface area contributed by atoms with E-state index < -0.39 is 24.9 Å². The predicted octanol–water partition coefficient (Wildman–Crippen LogP) is 2.02. The van der Waals surface area contributed by atoms with Crippen LogP contribution in [0.3, 0.4) is 0 Å². The van der Waals surface area contributed by atoms with E-state index in [9.17, 15) is 16.8 Å².